The van der Waals surface area contributed by atoms with E-state index in [9.17, 15) is 4.79 Å². The summed E-state index contributed by atoms with van der Waals surface area (Å²) < 4.78 is 1.40. The minimum Gasteiger partial charge on any atom is -0.332 e. The van der Waals surface area contributed by atoms with Crippen LogP contribution in [0.25, 0.3) is 0 Å². The van der Waals surface area contributed by atoms with Crippen LogP contribution in [0.15, 0.2) is 24.9 Å². The van der Waals surface area contributed by atoms with Crippen molar-refractivity contribution in [1.82, 2.24) is 19.9 Å². The molecule has 0 aliphatic carbocycles. The van der Waals surface area contributed by atoms with Crippen molar-refractivity contribution in [3.05, 3.63) is 34.8 Å². The largest absolute Gasteiger partial charge is 0.332 e. The van der Waals surface area contributed by atoms with Crippen LogP contribution in [0.3, 0.4) is 0 Å². The zero-order valence-electron chi connectivity index (χ0n) is 8.17. The fraction of sp³-hybridized carbons (Fsp3) is 0.222. The van der Waals surface area contributed by atoms with Crippen molar-refractivity contribution in [2.75, 3.05) is 0 Å². The Kier molecular flexibility index (Phi) is 2.77. The number of imidazole rings is 1. The molecule has 0 aliphatic heterocycles. The Morgan fingerprint density at radius 1 is 1.67 bits per heavy atom. The molecule has 2 aromatic rings. The molecule has 1 amide bonds. The van der Waals surface area contributed by atoms with Crippen LogP contribution in [0.2, 0.25) is 0 Å². The van der Waals surface area contributed by atoms with Crippen LogP contribution in [0, 0.1) is 6.92 Å². The Hall–Kier alpha value is -1.69. The predicted octanol–water partition coefficient (Wildman–Crippen LogP) is 1.41. The molecule has 2 aromatic heterocycles. The van der Waals surface area contributed by atoms with Gasteiger partial charge in [0.15, 0.2) is 0 Å². The molecule has 0 aliphatic rings. The quantitative estimate of drug-likeness (QED) is 0.835. The number of carbonyl (C=O) groups is 1. The Bertz CT molecular complexity index is 448. The van der Waals surface area contributed by atoms with Gasteiger partial charge < -0.3 is 5.32 Å². The molecule has 1 N–H and O–H groups in total. The number of hydrogen-bond donors (Lipinski definition) is 1. The second-order valence-electron chi connectivity index (χ2n) is 2.97. The van der Waals surface area contributed by atoms with Gasteiger partial charge in [0.2, 0.25) is 0 Å². The molecular formula is C9H10N4OS. The monoisotopic (exact) mass is 222 g/mol. The lowest BCUT2D eigenvalue weighted by molar-refractivity contribution is 0.242. The number of carbonyl (C=O) groups excluding carboxylic acids is 1. The maximum absolute atomic E-state index is 11.5. The Labute approximate surface area is 90.8 Å². The summed E-state index contributed by atoms with van der Waals surface area (Å²) in [6, 6.07) is -0.182. The number of amides is 1. The third kappa shape index (κ3) is 2.41. The van der Waals surface area contributed by atoms with Crippen molar-refractivity contribution in [2.24, 2.45) is 0 Å². The minimum atomic E-state index is -0.182. The van der Waals surface area contributed by atoms with Gasteiger partial charge in [0, 0.05) is 23.5 Å². The smallest absolute Gasteiger partial charge is 0.327 e. The summed E-state index contributed by atoms with van der Waals surface area (Å²) in [6.45, 7) is 2.44. The fourth-order valence-electron chi connectivity index (χ4n) is 1.12. The third-order valence-electron chi connectivity index (χ3n) is 1.82. The van der Waals surface area contributed by atoms with Gasteiger partial charge in [0.1, 0.15) is 6.33 Å². The molecule has 0 spiro atoms. The maximum atomic E-state index is 11.5. The summed E-state index contributed by atoms with van der Waals surface area (Å²) in [7, 11) is 0. The van der Waals surface area contributed by atoms with E-state index in [4.69, 9.17) is 0 Å². The van der Waals surface area contributed by atoms with Crippen molar-refractivity contribution in [1.29, 1.82) is 0 Å². The number of aromatic nitrogens is 3. The molecule has 2 rings (SSSR count). The van der Waals surface area contributed by atoms with E-state index in [1.807, 2.05) is 6.92 Å². The zero-order chi connectivity index (χ0) is 10.7. The van der Waals surface area contributed by atoms with Gasteiger partial charge in [-0.05, 0) is 6.92 Å². The van der Waals surface area contributed by atoms with Crippen LogP contribution < -0.4 is 5.32 Å². The number of nitrogens with zero attached hydrogens (tertiary/aromatic N) is 3. The van der Waals surface area contributed by atoms with E-state index in [1.165, 1.54) is 10.9 Å². The molecule has 0 saturated heterocycles. The van der Waals surface area contributed by atoms with Gasteiger partial charge in [-0.1, -0.05) is 0 Å². The highest BCUT2D eigenvalue weighted by Gasteiger charge is 2.03. The molecule has 0 atom stereocenters. The van der Waals surface area contributed by atoms with Crippen LogP contribution in [0.4, 0.5) is 4.79 Å². The van der Waals surface area contributed by atoms with Crippen molar-refractivity contribution >= 4 is 17.4 Å². The first-order valence-corrected chi connectivity index (χ1v) is 5.25. The van der Waals surface area contributed by atoms with Gasteiger partial charge >= 0.3 is 6.03 Å². The summed E-state index contributed by atoms with van der Waals surface area (Å²) in [5, 5.41) is 3.77. The molecule has 0 unspecified atom stereocenters. The highest BCUT2D eigenvalue weighted by atomic mass is 32.1. The molecule has 0 fully saturated rings. The van der Waals surface area contributed by atoms with Gasteiger partial charge in [0.25, 0.3) is 0 Å². The van der Waals surface area contributed by atoms with Crippen molar-refractivity contribution in [3.8, 4) is 0 Å². The molecule has 0 bridgehead atoms. The van der Waals surface area contributed by atoms with Gasteiger partial charge in [-0.25, -0.2) is 14.8 Å². The van der Waals surface area contributed by atoms with Crippen molar-refractivity contribution in [3.63, 3.8) is 0 Å². The van der Waals surface area contributed by atoms with E-state index in [-0.39, 0.29) is 6.03 Å². The Morgan fingerprint density at radius 2 is 2.53 bits per heavy atom. The lowest BCUT2D eigenvalue weighted by Gasteiger charge is -2.02. The molecule has 5 nitrogen and oxygen atoms in total. The number of aryl methyl sites for hydroxylation is 1. The summed E-state index contributed by atoms with van der Waals surface area (Å²) in [4.78, 5) is 20.4. The topological polar surface area (TPSA) is 59.8 Å². The van der Waals surface area contributed by atoms with Crippen LogP contribution in [0.1, 0.15) is 9.88 Å². The first kappa shape index (κ1) is 9.85. The molecule has 15 heavy (non-hydrogen) atoms. The third-order valence-corrected chi connectivity index (χ3v) is 2.73. The lowest BCUT2D eigenvalue weighted by Crippen LogP contribution is -2.26. The average molecular weight is 222 g/mol. The second kappa shape index (κ2) is 4.22. The molecule has 0 aromatic carbocycles. The second-order valence-corrected chi connectivity index (χ2v) is 4.29. The summed E-state index contributed by atoms with van der Waals surface area (Å²) in [5.41, 5.74) is 0. The van der Waals surface area contributed by atoms with E-state index >= 15 is 0 Å². The fourth-order valence-corrected chi connectivity index (χ4v) is 1.85. The number of hydrogen-bond acceptors (Lipinski definition) is 4. The van der Waals surface area contributed by atoms with Gasteiger partial charge in [-0.2, -0.15) is 0 Å². The van der Waals surface area contributed by atoms with E-state index in [0.717, 1.165) is 9.88 Å². The van der Waals surface area contributed by atoms with Gasteiger partial charge in [-0.15, -0.1) is 11.3 Å². The molecule has 0 saturated carbocycles. The summed E-state index contributed by atoms with van der Waals surface area (Å²) in [6.07, 6.45) is 6.41. The van der Waals surface area contributed by atoms with E-state index < -0.39 is 0 Å². The first-order valence-electron chi connectivity index (χ1n) is 4.43. The van der Waals surface area contributed by atoms with E-state index in [1.54, 1.807) is 29.9 Å². The van der Waals surface area contributed by atoms with Crippen LogP contribution in [-0.4, -0.2) is 20.6 Å². The SMILES string of the molecule is Cc1ncc(CNC(=O)n2ccnc2)s1. The normalized spacial score (nSPS) is 10.2. The number of thiazole rings is 1. The number of rotatable bonds is 2. The van der Waals surface area contributed by atoms with Gasteiger partial charge in [-0.3, -0.25) is 4.57 Å². The van der Waals surface area contributed by atoms with E-state index in [2.05, 4.69) is 15.3 Å². The highest BCUT2D eigenvalue weighted by molar-refractivity contribution is 7.11. The lowest BCUT2D eigenvalue weighted by atomic mass is 10.5. The minimum absolute atomic E-state index is 0.182. The maximum Gasteiger partial charge on any atom is 0.327 e. The number of nitrogens with one attached hydrogen (secondary N) is 1. The summed E-state index contributed by atoms with van der Waals surface area (Å²) >= 11 is 1.58. The Balaban J connectivity index is 1.91. The molecule has 0 radical (unpaired) electrons. The molecule has 2 heterocycles. The molecular weight excluding hydrogens is 212 g/mol. The molecule has 6 heteroatoms. The van der Waals surface area contributed by atoms with Crippen molar-refractivity contribution < 1.29 is 4.79 Å². The van der Waals surface area contributed by atoms with E-state index in [0.29, 0.717) is 6.54 Å². The summed E-state index contributed by atoms with van der Waals surface area (Å²) in [5.74, 6) is 0. The highest BCUT2D eigenvalue weighted by Crippen LogP contribution is 2.10. The van der Waals surface area contributed by atoms with Gasteiger partial charge in [0.05, 0.1) is 11.6 Å². The first-order chi connectivity index (χ1) is 7.25. The standard InChI is InChI=1S/C9H10N4OS/c1-7-11-4-8(15-7)5-12-9(14)13-3-2-10-6-13/h2-4,6H,5H2,1H3,(H,12,14). The van der Waals surface area contributed by atoms with Crippen LogP contribution in [0.5, 0.6) is 0 Å². The Morgan fingerprint density at radius 3 is 3.13 bits per heavy atom. The molecule has 78 valence electrons. The predicted molar refractivity (Wildman–Crippen MR) is 56.7 cm³/mol. The van der Waals surface area contributed by atoms with Crippen LogP contribution >= 0.6 is 11.3 Å². The average Bonchev–Trinajstić information content (AvgIpc) is 2.84. The van der Waals surface area contributed by atoms with Crippen molar-refractivity contribution in [2.45, 2.75) is 13.5 Å². The zero-order valence-corrected chi connectivity index (χ0v) is 8.99. The van der Waals surface area contributed by atoms with Crippen LogP contribution in [-0.2, 0) is 6.54 Å².